The summed E-state index contributed by atoms with van der Waals surface area (Å²) in [6.45, 7) is 1.61. The highest BCUT2D eigenvalue weighted by molar-refractivity contribution is 7.99. The second-order valence-corrected chi connectivity index (χ2v) is 8.94. The molecule has 5 nitrogen and oxygen atoms in total. The van der Waals surface area contributed by atoms with Gasteiger partial charge in [0.05, 0.1) is 0 Å². The first kappa shape index (κ1) is 20.5. The molecular weight excluding hydrogens is 382 g/mol. The molecule has 2 unspecified atom stereocenters. The quantitative estimate of drug-likeness (QED) is 0.801. The van der Waals surface area contributed by atoms with Crippen LogP contribution in [0.15, 0.2) is 24.3 Å². The smallest absolute Gasteiger partial charge is 0.253 e. The van der Waals surface area contributed by atoms with E-state index in [-0.39, 0.29) is 24.2 Å². The summed E-state index contributed by atoms with van der Waals surface area (Å²) in [6.07, 6.45) is 5.30. The molecule has 2 atom stereocenters. The van der Waals surface area contributed by atoms with Gasteiger partial charge in [0.1, 0.15) is 0 Å². The largest absolute Gasteiger partial charge is 0.337 e. The van der Waals surface area contributed by atoms with Gasteiger partial charge in [-0.15, -0.1) is 12.4 Å². The number of benzene rings is 1. The number of hydrogen-bond donors (Lipinski definition) is 2. The topological polar surface area (TPSA) is 61.4 Å². The number of piperidine rings is 1. The van der Waals surface area contributed by atoms with Gasteiger partial charge in [0.2, 0.25) is 5.91 Å². The van der Waals surface area contributed by atoms with Gasteiger partial charge in [-0.3, -0.25) is 9.59 Å². The van der Waals surface area contributed by atoms with Gasteiger partial charge in [-0.1, -0.05) is 6.07 Å². The van der Waals surface area contributed by atoms with Gasteiger partial charge in [0.25, 0.3) is 5.91 Å². The minimum absolute atomic E-state index is 0. The molecule has 148 valence electrons. The van der Waals surface area contributed by atoms with Crippen LogP contribution in [-0.2, 0) is 4.79 Å². The number of fused-ring (bicyclic) bond motifs is 2. The Hall–Kier alpha value is -1.24. The van der Waals surface area contributed by atoms with E-state index in [4.69, 9.17) is 0 Å². The molecule has 2 amide bonds. The molecule has 4 rings (SSSR count). The van der Waals surface area contributed by atoms with Crippen LogP contribution in [0.4, 0.5) is 5.69 Å². The minimum Gasteiger partial charge on any atom is -0.337 e. The minimum atomic E-state index is 0. The molecule has 2 N–H and O–H groups in total. The van der Waals surface area contributed by atoms with Crippen molar-refractivity contribution in [3.05, 3.63) is 29.8 Å². The van der Waals surface area contributed by atoms with Gasteiger partial charge in [-0.25, -0.2) is 0 Å². The number of thioether (sulfide) groups is 1. The predicted octanol–water partition coefficient (Wildman–Crippen LogP) is 3.16. The van der Waals surface area contributed by atoms with Crippen molar-refractivity contribution in [3.8, 4) is 0 Å². The summed E-state index contributed by atoms with van der Waals surface area (Å²) in [5.74, 6) is 2.61. The van der Waals surface area contributed by atoms with E-state index in [0.29, 0.717) is 30.0 Å². The first-order valence-corrected chi connectivity index (χ1v) is 10.9. The van der Waals surface area contributed by atoms with Gasteiger partial charge in [0, 0.05) is 54.4 Å². The third-order valence-corrected chi connectivity index (χ3v) is 6.68. The van der Waals surface area contributed by atoms with E-state index in [1.807, 2.05) is 40.9 Å². The standard InChI is InChI=1S/C20H27N3O2S.ClH/c24-19(12-14-10-17-4-5-18(11-14)21-17)22-16-3-1-2-15(13-16)20(25)23-6-8-26-9-7-23;/h1-3,13-14,17-18,21H,4-12H2,(H,22,24);1H. The van der Waals surface area contributed by atoms with Crippen molar-refractivity contribution in [3.63, 3.8) is 0 Å². The summed E-state index contributed by atoms with van der Waals surface area (Å²) >= 11 is 1.89. The Balaban J connectivity index is 0.00000210. The number of rotatable bonds is 4. The molecule has 0 aliphatic carbocycles. The molecule has 1 aromatic carbocycles. The SMILES string of the molecule is Cl.O=C(CC1CC2CCC(C1)N2)Nc1cccc(C(=O)N2CCSCC2)c1. The molecule has 3 heterocycles. The average Bonchev–Trinajstić information content (AvgIpc) is 3.00. The van der Waals surface area contributed by atoms with Gasteiger partial charge in [0.15, 0.2) is 0 Å². The Morgan fingerprint density at radius 1 is 1.15 bits per heavy atom. The molecule has 0 radical (unpaired) electrons. The number of carbonyl (C=O) groups is 2. The lowest BCUT2D eigenvalue weighted by Gasteiger charge is -2.28. The van der Waals surface area contributed by atoms with E-state index in [1.165, 1.54) is 12.8 Å². The zero-order chi connectivity index (χ0) is 17.9. The summed E-state index contributed by atoms with van der Waals surface area (Å²) in [6, 6.07) is 8.59. The number of anilines is 1. The summed E-state index contributed by atoms with van der Waals surface area (Å²) in [7, 11) is 0. The van der Waals surface area contributed by atoms with Crippen LogP contribution >= 0.6 is 24.2 Å². The van der Waals surface area contributed by atoms with Crippen LogP contribution in [0, 0.1) is 5.92 Å². The van der Waals surface area contributed by atoms with E-state index in [1.54, 1.807) is 0 Å². The van der Waals surface area contributed by atoms with Gasteiger partial charge < -0.3 is 15.5 Å². The first-order valence-electron chi connectivity index (χ1n) is 9.70. The molecule has 1 aromatic rings. The van der Waals surface area contributed by atoms with Crippen LogP contribution in [0.1, 0.15) is 42.5 Å². The zero-order valence-electron chi connectivity index (χ0n) is 15.5. The van der Waals surface area contributed by atoms with Crippen LogP contribution < -0.4 is 10.6 Å². The fourth-order valence-corrected chi connectivity index (χ4v) is 5.40. The molecule has 27 heavy (non-hydrogen) atoms. The fraction of sp³-hybridized carbons (Fsp3) is 0.600. The summed E-state index contributed by atoms with van der Waals surface area (Å²) in [4.78, 5) is 27.0. The molecule has 7 heteroatoms. The average molecular weight is 410 g/mol. The highest BCUT2D eigenvalue weighted by atomic mass is 35.5. The van der Waals surface area contributed by atoms with Crippen LogP contribution in [0.5, 0.6) is 0 Å². The maximum absolute atomic E-state index is 12.6. The van der Waals surface area contributed by atoms with Crippen molar-refractivity contribution in [2.75, 3.05) is 29.9 Å². The monoisotopic (exact) mass is 409 g/mol. The van der Waals surface area contributed by atoms with Crippen molar-refractivity contribution in [2.24, 2.45) is 5.92 Å². The number of nitrogens with zero attached hydrogens (tertiary/aromatic N) is 1. The van der Waals surface area contributed by atoms with E-state index in [9.17, 15) is 9.59 Å². The highest BCUT2D eigenvalue weighted by Gasteiger charge is 2.34. The first-order chi connectivity index (χ1) is 12.7. The molecule has 2 bridgehead atoms. The molecule has 3 fully saturated rings. The van der Waals surface area contributed by atoms with Gasteiger partial charge in [-0.2, -0.15) is 11.8 Å². The van der Waals surface area contributed by atoms with Crippen molar-refractivity contribution < 1.29 is 9.59 Å². The molecule has 3 aliphatic heterocycles. The Labute approximate surface area is 171 Å². The Bertz CT molecular complexity index is 669. The molecule has 0 aromatic heterocycles. The Kier molecular flexibility index (Phi) is 7.06. The van der Waals surface area contributed by atoms with Gasteiger partial charge >= 0.3 is 0 Å². The van der Waals surface area contributed by atoms with Crippen LogP contribution in [-0.4, -0.2) is 53.4 Å². The number of amides is 2. The predicted molar refractivity (Wildman–Crippen MR) is 113 cm³/mol. The molecule has 0 saturated carbocycles. The van der Waals surface area contributed by atoms with Crippen LogP contribution in [0.2, 0.25) is 0 Å². The molecule has 3 aliphatic rings. The number of halogens is 1. The van der Waals surface area contributed by atoms with E-state index in [2.05, 4.69) is 10.6 Å². The lowest BCUT2D eigenvalue weighted by Crippen LogP contribution is -2.39. The molecule has 0 spiro atoms. The number of nitrogens with one attached hydrogen (secondary N) is 2. The molecular formula is C20H28ClN3O2S. The Morgan fingerprint density at radius 3 is 2.56 bits per heavy atom. The number of hydrogen-bond acceptors (Lipinski definition) is 4. The molecule has 3 saturated heterocycles. The van der Waals surface area contributed by atoms with Crippen molar-refractivity contribution in [1.29, 1.82) is 0 Å². The van der Waals surface area contributed by atoms with Crippen LogP contribution in [0.3, 0.4) is 0 Å². The fourth-order valence-electron chi connectivity index (χ4n) is 4.49. The van der Waals surface area contributed by atoms with E-state index >= 15 is 0 Å². The summed E-state index contributed by atoms with van der Waals surface area (Å²) < 4.78 is 0. The summed E-state index contributed by atoms with van der Waals surface area (Å²) in [5, 5.41) is 6.62. The third kappa shape index (κ3) is 5.18. The maximum Gasteiger partial charge on any atom is 0.253 e. The van der Waals surface area contributed by atoms with Crippen molar-refractivity contribution in [1.82, 2.24) is 10.2 Å². The lowest BCUT2D eigenvalue weighted by molar-refractivity contribution is -0.117. The second-order valence-electron chi connectivity index (χ2n) is 7.71. The Morgan fingerprint density at radius 2 is 1.85 bits per heavy atom. The van der Waals surface area contributed by atoms with E-state index in [0.717, 1.165) is 43.1 Å². The number of carbonyl (C=O) groups excluding carboxylic acids is 2. The van der Waals surface area contributed by atoms with Crippen LogP contribution in [0.25, 0.3) is 0 Å². The normalized spacial score (nSPS) is 27.0. The van der Waals surface area contributed by atoms with Gasteiger partial charge in [-0.05, 0) is 49.8 Å². The van der Waals surface area contributed by atoms with Crippen molar-refractivity contribution in [2.45, 2.75) is 44.2 Å². The lowest BCUT2D eigenvalue weighted by atomic mass is 9.89. The highest BCUT2D eigenvalue weighted by Crippen LogP contribution is 2.32. The third-order valence-electron chi connectivity index (χ3n) is 5.74. The maximum atomic E-state index is 12.6. The zero-order valence-corrected chi connectivity index (χ0v) is 17.1. The second kappa shape index (κ2) is 9.30. The summed E-state index contributed by atoms with van der Waals surface area (Å²) in [5.41, 5.74) is 1.39. The van der Waals surface area contributed by atoms with E-state index < -0.39 is 0 Å². The van der Waals surface area contributed by atoms with Crippen molar-refractivity contribution >= 4 is 41.7 Å².